The van der Waals surface area contributed by atoms with Crippen LogP contribution in [0, 0.1) is 0 Å². The van der Waals surface area contributed by atoms with E-state index in [2.05, 4.69) is 107 Å². The first-order chi connectivity index (χ1) is 27.9. The number of hydrogen-bond donors (Lipinski definition) is 0. The van der Waals surface area contributed by atoms with Crippen LogP contribution in [0.5, 0.6) is 11.5 Å². The molecule has 0 unspecified atom stereocenters. The minimum atomic E-state index is -4.47. The second kappa shape index (κ2) is 16.2. The summed E-state index contributed by atoms with van der Waals surface area (Å²) in [7, 11) is 0. The molecule has 0 atom stereocenters. The Morgan fingerprint density at radius 1 is 0.431 bits per heavy atom. The first kappa shape index (κ1) is 39.5. The minimum Gasteiger partial charge on any atom is -0.494 e. The molecule has 0 saturated heterocycles. The van der Waals surface area contributed by atoms with Crippen molar-refractivity contribution in [2.24, 2.45) is 0 Å². The van der Waals surface area contributed by atoms with Gasteiger partial charge in [0.25, 0.3) is 0 Å². The fourth-order valence-electron chi connectivity index (χ4n) is 8.60. The third-order valence-corrected chi connectivity index (χ3v) is 11.8. The standard InChI is InChI=1S/C53H53F3O2/c1-6-8-10-12-26-57-42-22-17-34(18-23-42)44-31-38-28-41(52(3,4)5)29-39-32-45(36-19-24-43(25-20-36)58-27-13-11-9-7-2)50-49-37(30-47(44)51(50)48(38)39)15-14-35-16-21-40(33-46(35)49)53(54,55)56/h14-25,28-33H,6-13,26-27H2,1-5H3. The molecule has 0 heterocycles. The summed E-state index contributed by atoms with van der Waals surface area (Å²) < 4.78 is 55.5. The third-order valence-electron chi connectivity index (χ3n) is 11.8. The SMILES string of the molecule is CCCCCCOc1ccc(-c2cc3cc(C(C)(C)C)cc4cc(-c5ccc(OCCCCCC)cc5)c5c6c(ccc7ccc(C(F)(F)F)cc76)cc2c5c34)cc1. The Hall–Kier alpha value is -5.29. The average molecular weight is 779 g/mol. The molecule has 2 nitrogen and oxygen atoms in total. The van der Waals surface area contributed by atoms with E-state index >= 15 is 0 Å². The second-order valence-electron chi connectivity index (χ2n) is 17.0. The highest BCUT2D eigenvalue weighted by atomic mass is 19.4. The van der Waals surface area contributed by atoms with E-state index in [1.807, 2.05) is 18.2 Å². The number of alkyl halides is 3. The topological polar surface area (TPSA) is 18.5 Å². The molecule has 0 N–H and O–H groups in total. The van der Waals surface area contributed by atoms with Crippen molar-refractivity contribution < 1.29 is 22.6 Å². The molecule has 5 heteroatoms. The molecule has 8 rings (SSSR count). The molecule has 0 fully saturated rings. The summed E-state index contributed by atoms with van der Waals surface area (Å²) in [4.78, 5) is 0. The molecular formula is C53H53F3O2. The third kappa shape index (κ3) is 7.80. The highest BCUT2D eigenvalue weighted by molar-refractivity contribution is 6.37. The molecule has 0 aromatic heterocycles. The van der Waals surface area contributed by atoms with Crippen LogP contribution in [0.4, 0.5) is 13.2 Å². The van der Waals surface area contributed by atoms with Gasteiger partial charge in [0.2, 0.25) is 0 Å². The molecule has 298 valence electrons. The van der Waals surface area contributed by atoms with Crippen molar-refractivity contribution in [1.29, 1.82) is 0 Å². The maximum absolute atomic E-state index is 14.4. The van der Waals surface area contributed by atoms with E-state index in [-0.39, 0.29) is 5.41 Å². The summed E-state index contributed by atoms with van der Waals surface area (Å²) in [6.07, 6.45) is 4.63. The van der Waals surface area contributed by atoms with Crippen LogP contribution in [-0.4, -0.2) is 13.2 Å². The zero-order chi connectivity index (χ0) is 40.6. The summed E-state index contributed by atoms with van der Waals surface area (Å²) >= 11 is 0. The Morgan fingerprint density at radius 2 is 0.966 bits per heavy atom. The second-order valence-corrected chi connectivity index (χ2v) is 17.0. The van der Waals surface area contributed by atoms with Gasteiger partial charge in [-0.15, -0.1) is 0 Å². The molecule has 0 aliphatic rings. The van der Waals surface area contributed by atoms with Crippen LogP contribution >= 0.6 is 0 Å². The van der Waals surface area contributed by atoms with Crippen LogP contribution < -0.4 is 9.47 Å². The number of benzene rings is 8. The summed E-state index contributed by atoms with van der Waals surface area (Å²) in [6.45, 7) is 12.5. The molecule has 0 spiro atoms. The van der Waals surface area contributed by atoms with Gasteiger partial charge in [-0.3, -0.25) is 0 Å². The molecular weight excluding hydrogens is 726 g/mol. The molecule has 0 aliphatic carbocycles. The first-order valence-corrected chi connectivity index (χ1v) is 21.1. The van der Waals surface area contributed by atoms with E-state index < -0.39 is 11.7 Å². The van der Waals surface area contributed by atoms with Gasteiger partial charge in [-0.2, -0.15) is 13.2 Å². The Balaban J connectivity index is 1.41. The summed E-state index contributed by atoms with van der Waals surface area (Å²) in [5.74, 6) is 1.66. The van der Waals surface area contributed by atoms with Crippen molar-refractivity contribution in [3.8, 4) is 33.8 Å². The molecule has 0 aliphatic heterocycles. The van der Waals surface area contributed by atoms with Crippen LogP contribution in [0.2, 0.25) is 0 Å². The van der Waals surface area contributed by atoms with Crippen molar-refractivity contribution >= 4 is 53.9 Å². The summed E-state index contributed by atoms with van der Waals surface area (Å²) in [5.41, 5.74) is 4.57. The molecule has 0 radical (unpaired) electrons. The first-order valence-electron chi connectivity index (χ1n) is 21.1. The molecule has 8 aromatic carbocycles. The molecule has 8 aromatic rings. The van der Waals surface area contributed by atoms with Crippen LogP contribution in [0.3, 0.4) is 0 Å². The molecule has 0 amide bonds. The lowest BCUT2D eigenvalue weighted by molar-refractivity contribution is -0.137. The monoisotopic (exact) mass is 778 g/mol. The van der Waals surface area contributed by atoms with Gasteiger partial charge in [-0.25, -0.2) is 0 Å². The predicted octanol–water partition coefficient (Wildman–Crippen LogP) is 16.5. The van der Waals surface area contributed by atoms with Gasteiger partial charge in [-0.05, 0) is 155 Å². The zero-order valence-corrected chi connectivity index (χ0v) is 34.4. The van der Waals surface area contributed by atoms with Crippen LogP contribution in [0.1, 0.15) is 97.1 Å². The van der Waals surface area contributed by atoms with Gasteiger partial charge in [0.05, 0.1) is 18.8 Å². The number of halogens is 3. The van der Waals surface area contributed by atoms with Crippen molar-refractivity contribution in [1.82, 2.24) is 0 Å². The number of rotatable bonds is 14. The van der Waals surface area contributed by atoms with E-state index in [4.69, 9.17) is 9.47 Å². The van der Waals surface area contributed by atoms with E-state index in [0.717, 1.165) is 108 Å². The minimum absolute atomic E-state index is 0.117. The summed E-state index contributed by atoms with van der Waals surface area (Å²) in [5, 5.41) is 9.52. The largest absolute Gasteiger partial charge is 0.494 e. The smallest absolute Gasteiger partial charge is 0.416 e. The van der Waals surface area contributed by atoms with Crippen LogP contribution in [0.25, 0.3) is 76.1 Å². The lowest BCUT2D eigenvalue weighted by atomic mass is 9.79. The van der Waals surface area contributed by atoms with E-state index in [0.29, 0.717) is 18.6 Å². The Morgan fingerprint density at radius 3 is 1.52 bits per heavy atom. The van der Waals surface area contributed by atoms with Gasteiger partial charge in [0.1, 0.15) is 11.5 Å². The highest BCUT2D eigenvalue weighted by Gasteiger charge is 2.31. The number of ether oxygens (including phenoxy) is 2. The summed E-state index contributed by atoms with van der Waals surface area (Å²) in [6, 6.07) is 36.2. The van der Waals surface area contributed by atoms with Gasteiger partial charge >= 0.3 is 6.18 Å². The molecule has 0 saturated carbocycles. The normalized spacial score (nSPS) is 12.5. The van der Waals surface area contributed by atoms with Gasteiger partial charge < -0.3 is 9.47 Å². The van der Waals surface area contributed by atoms with Crippen molar-refractivity contribution in [2.75, 3.05) is 13.2 Å². The van der Waals surface area contributed by atoms with Crippen molar-refractivity contribution in [3.63, 3.8) is 0 Å². The lowest BCUT2D eigenvalue weighted by Gasteiger charge is -2.24. The predicted molar refractivity (Wildman–Crippen MR) is 239 cm³/mol. The molecule has 58 heavy (non-hydrogen) atoms. The van der Waals surface area contributed by atoms with E-state index in [1.54, 1.807) is 6.07 Å². The lowest BCUT2D eigenvalue weighted by Crippen LogP contribution is -2.11. The van der Waals surface area contributed by atoms with E-state index in [1.165, 1.54) is 43.4 Å². The van der Waals surface area contributed by atoms with Gasteiger partial charge in [0.15, 0.2) is 0 Å². The fraction of sp³-hybridized carbons (Fsp3) is 0.321. The Bertz CT molecular complexity index is 2680. The number of unbranched alkanes of at least 4 members (excludes halogenated alkanes) is 6. The maximum Gasteiger partial charge on any atom is 0.416 e. The highest BCUT2D eigenvalue weighted by Crippen LogP contribution is 2.50. The zero-order valence-electron chi connectivity index (χ0n) is 34.4. The van der Waals surface area contributed by atoms with Crippen molar-refractivity contribution in [2.45, 2.75) is 97.6 Å². The van der Waals surface area contributed by atoms with Crippen LogP contribution in [0.15, 0.2) is 109 Å². The Labute approximate surface area is 340 Å². The Kier molecular flexibility index (Phi) is 11.0. The van der Waals surface area contributed by atoms with E-state index in [9.17, 15) is 13.2 Å². The van der Waals surface area contributed by atoms with Crippen molar-refractivity contribution in [3.05, 3.63) is 120 Å². The maximum atomic E-state index is 14.4. The van der Waals surface area contributed by atoms with Gasteiger partial charge in [0, 0.05) is 0 Å². The molecule has 0 bridgehead atoms. The fourth-order valence-corrected chi connectivity index (χ4v) is 8.60. The average Bonchev–Trinajstić information content (AvgIpc) is 3.21. The number of fused-ring (bicyclic) bond motifs is 4. The number of hydrogen-bond acceptors (Lipinski definition) is 2. The van der Waals surface area contributed by atoms with Gasteiger partial charge in [-0.1, -0.05) is 128 Å². The van der Waals surface area contributed by atoms with Crippen LogP contribution in [-0.2, 0) is 11.6 Å². The quantitative estimate of drug-likeness (QED) is 0.0622.